The summed E-state index contributed by atoms with van der Waals surface area (Å²) in [6, 6.07) is 8.39. The first kappa shape index (κ1) is 17.8. The van der Waals surface area contributed by atoms with Gasteiger partial charge in [-0.3, -0.25) is 4.79 Å². The van der Waals surface area contributed by atoms with Crippen LogP contribution >= 0.6 is 0 Å². The van der Waals surface area contributed by atoms with E-state index in [1.165, 1.54) is 0 Å². The van der Waals surface area contributed by atoms with E-state index in [2.05, 4.69) is 9.97 Å². The van der Waals surface area contributed by atoms with Gasteiger partial charge in [0.25, 0.3) is 0 Å². The van der Waals surface area contributed by atoms with E-state index in [9.17, 15) is 4.79 Å². The maximum absolute atomic E-state index is 12.7. The van der Waals surface area contributed by atoms with Gasteiger partial charge in [-0.2, -0.15) is 0 Å². The van der Waals surface area contributed by atoms with Gasteiger partial charge in [0.2, 0.25) is 5.91 Å². The molecule has 1 aromatic heterocycles. The monoisotopic (exact) mass is 367 g/mol. The molecule has 1 saturated carbocycles. The molecular formula is C21H25N3O3. The minimum atomic E-state index is 0.0292. The number of ether oxygens (including phenoxy) is 2. The van der Waals surface area contributed by atoms with Crippen molar-refractivity contribution in [3.05, 3.63) is 54.1 Å². The van der Waals surface area contributed by atoms with Crippen molar-refractivity contribution in [2.75, 3.05) is 19.8 Å². The fraction of sp³-hybridized carbons (Fsp3) is 0.429. The van der Waals surface area contributed by atoms with Crippen LogP contribution in [0.4, 0.5) is 0 Å². The highest BCUT2D eigenvalue weighted by Crippen LogP contribution is 2.29. The SMILES string of the molecule is O=C(C=Cc1cnc[nH]1)N(Cc1cccc(OCC2CCOC2)c1)C1CC1. The Bertz CT molecular complexity index is 778. The van der Waals surface area contributed by atoms with Crippen LogP contribution in [-0.2, 0) is 16.1 Å². The van der Waals surface area contributed by atoms with E-state index < -0.39 is 0 Å². The van der Waals surface area contributed by atoms with Gasteiger partial charge in [-0.1, -0.05) is 12.1 Å². The van der Waals surface area contributed by atoms with Crippen molar-refractivity contribution >= 4 is 12.0 Å². The number of nitrogens with one attached hydrogen (secondary N) is 1. The van der Waals surface area contributed by atoms with Crippen molar-refractivity contribution in [2.45, 2.75) is 31.8 Å². The zero-order valence-corrected chi connectivity index (χ0v) is 15.3. The number of hydrogen-bond donors (Lipinski definition) is 1. The minimum absolute atomic E-state index is 0.0292. The molecule has 0 bridgehead atoms. The third kappa shape index (κ3) is 4.98. The largest absolute Gasteiger partial charge is 0.493 e. The van der Waals surface area contributed by atoms with E-state index in [0.29, 0.717) is 25.1 Å². The molecule has 1 aliphatic heterocycles. The molecule has 1 N–H and O–H groups in total. The maximum atomic E-state index is 12.7. The van der Waals surface area contributed by atoms with Crippen molar-refractivity contribution in [2.24, 2.45) is 5.92 Å². The smallest absolute Gasteiger partial charge is 0.247 e. The molecule has 1 aliphatic carbocycles. The molecule has 4 rings (SSSR count). The van der Waals surface area contributed by atoms with Gasteiger partial charge in [-0.15, -0.1) is 0 Å². The number of imidazole rings is 1. The first-order valence-corrected chi connectivity index (χ1v) is 9.54. The lowest BCUT2D eigenvalue weighted by atomic mass is 10.1. The third-order valence-electron chi connectivity index (χ3n) is 4.96. The normalized spacial score (nSPS) is 19.5. The van der Waals surface area contributed by atoms with Gasteiger partial charge in [0.05, 0.1) is 31.4 Å². The summed E-state index contributed by atoms with van der Waals surface area (Å²) >= 11 is 0. The molecule has 142 valence electrons. The zero-order chi connectivity index (χ0) is 18.5. The molecule has 6 nitrogen and oxygen atoms in total. The highest BCUT2D eigenvalue weighted by atomic mass is 16.5. The molecule has 2 aromatic rings. The molecule has 1 atom stereocenters. The van der Waals surface area contributed by atoms with Gasteiger partial charge < -0.3 is 19.4 Å². The van der Waals surface area contributed by atoms with E-state index in [1.54, 1.807) is 24.7 Å². The van der Waals surface area contributed by atoms with Crippen LogP contribution in [0.1, 0.15) is 30.5 Å². The highest BCUT2D eigenvalue weighted by Gasteiger charge is 2.31. The summed E-state index contributed by atoms with van der Waals surface area (Å²) in [7, 11) is 0. The second kappa shape index (κ2) is 8.39. The quantitative estimate of drug-likeness (QED) is 0.728. The first-order chi connectivity index (χ1) is 13.3. The van der Waals surface area contributed by atoms with E-state index in [-0.39, 0.29) is 5.91 Å². The Morgan fingerprint density at radius 1 is 1.37 bits per heavy atom. The molecule has 6 heteroatoms. The molecule has 1 unspecified atom stereocenters. The lowest BCUT2D eigenvalue weighted by Gasteiger charge is -2.21. The molecule has 0 radical (unpaired) electrons. The van der Waals surface area contributed by atoms with Crippen molar-refractivity contribution < 1.29 is 14.3 Å². The predicted octanol–water partition coefficient (Wildman–Crippen LogP) is 3.03. The summed E-state index contributed by atoms with van der Waals surface area (Å²) in [5.74, 6) is 1.36. The van der Waals surface area contributed by atoms with Crippen LogP contribution in [-0.4, -0.2) is 46.6 Å². The van der Waals surface area contributed by atoms with E-state index in [4.69, 9.17) is 9.47 Å². The number of hydrogen-bond acceptors (Lipinski definition) is 4. The molecule has 2 heterocycles. The van der Waals surface area contributed by atoms with Gasteiger partial charge in [0.15, 0.2) is 0 Å². The van der Waals surface area contributed by atoms with Gasteiger partial charge in [0, 0.05) is 31.2 Å². The Balaban J connectivity index is 1.38. The Morgan fingerprint density at radius 3 is 3.04 bits per heavy atom. The second-order valence-electron chi connectivity index (χ2n) is 7.23. The molecule has 2 fully saturated rings. The van der Waals surface area contributed by atoms with Crippen LogP contribution in [0, 0.1) is 5.92 Å². The Labute approximate surface area is 159 Å². The van der Waals surface area contributed by atoms with Crippen molar-refractivity contribution in [3.63, 3.8) is 0 Å². The molecule has 27 heavy (non-hydrogen) atoms. The molecule has 2 aliphatic rings. The fourth-order valence-electron chi connectivity index (χ4n) is 3.25. The number of aromatic amines is 1. The lowest BCUT2D eigenvalue weighted by Crippen LogP contribution is -2.31. The van der Waals surface area contributed by atoms with Crippen LogP contribution in [0.2, 0.25) is 0 Å². The number of H-pyrrole nitrogens is 1. The number of carbonyl (C=O) groups is 1. The first-order valence-electron chi connectivity index (χ1n) is 9.54. The summed E-state index contributed by atoms with van der Waals surface area (Å²) in [5, 5.41) is 0. The molecule has 1 saturated heterocycles. The third-order valence-corrected chi connectivity index (χ3v) is 4.96. The van der Waals surface area contributed by atoms with Gasteiger partial charge >= 0.3 is 0 Å². The summed E-state index contributed by atoms with van der Waals surface area (Å²) in [6.45, 7) is 2.90. The Hall–Kier alpha value is -2.60. The van der Waals surface area contributed by atoms with Gasteiger partial charge in [-0.25, -0.2) is 4.98 Å². The highest BCUT2D eigenvalue weighted by molar-refractivity contribution is 5.91. The van der Waals surface area contributed by atoms with Gasteiger partial charge in [-0.05, 0) is 43.0 Å². The number of nitrogens with zero attached hydrogens (tertiary/aromatic N) is 2. The predicted molar refractivity (Wildman–Crippen MR) is 102 cm³/mol. The Kier molecular flexibility index (Phi) is 5.53. The number of carbonyl (C=O) groups excluding carboxylic acids is 1. The van der Waals surface area contributed by atoms with E-state index in [1.807, 2.05) is 29.2 Å². The molecule has 1 aromatic carbocycles. The molecule has 0 spiro atoms. The van der Waals surface area contributed by atoms with E-state index >= 15 is 0 Å². The van der Waals surface area contributed by atoms with Crippen molar-refractivity contribution in [1.82, 2.24) is 14.9 Å². The molecular weight excluding hydrogens is 342 g/mol. The summed E-state index contributed by atoms with van der Waals surface area (Å²) in [4.78, 5) is 21.5. The van der Waals surface area contributed by atoms with E-state index in [0.717, 1.165) is 49.5 Å². The fourth-order valence-corrected chi connectivity index (χ4v) is 3.25. The summed E-state index contributed by atoms with van der Waals surface area (Å²) < 4.78 is 11.3. The summed E-state index contributed by atoms with van der Waals surface area (Å²) in [6.07, 6.45) is 9.89. The maximum Gasteiger partial charge on any atom is 0.247 e. The lowest BCUT2D eigenvalue weighted by molar-refractivity contribution is -0.127. The zero-order valence-electron chi connectivity index (χ0n) is 15.3. The van der Waals surface area contributed by atoms with Crippen molar-refractivity contribution in [3.8, 4) is 5.75 Å². The summed E-state index contributed by atoms with van der Waals surface area (Å²) in [5.41, 5.74) is 1.91. The standard InChI is InChI=1S/C21H25N3O3/c25-21(7-4-18-11-22-15-23-18)24(19-5-6-19)12-16-2-1-3-20(10-16)27-14-17-8-9-26-13-17/h1-4,7,10-11,15,17,19H,5-6,8-9,12-14H2,(H,22,23). The van der Waals surface area contributed by atoms with Crippen LogP contribution in [0.5, 0.6) is 5.75 Å². The number of amides is 1. The van der Waals surface area contributed by atoms with Crippen molar-refractivity contribution in [1.29, 1.82) is 0 Å². The average Bonchev–Trinajstić information content (AvgIpc) is 3.16. The Morgan fingerprint density at radius 2 is 2.30 bits per heavy atom. The van der Waals surface area contributed by atoms with Crippen LogP contribution in [0.25, 0.3) is 6.08 Å². The number of aromatic nitrogens is 2. The number of rotatable bonds is 8. The topological polar surface area (TPSA) is 67.5 Å². The second-order valence-corrected chi connectivity index (χ2v) is 7.23. The van der Waals surface area contributed by atoms with Crippen LogP contribution in [0.3, 0.4) is 0 Å². The van der Waals surface area contributed by atoms with Crippen LogP contribution < -0.4 is 4.74 Å². The van der Waals surface area contributed by atoms with Crippen LogP contribution in [0.15, 0.2) is 42.9 Å². The molecule has 1 amide bonds. The van der Waals surface area contributed by atoms with Gasteiger partial charge in [0.1, 0.15) is 5.75 Å². The average molecular weight is 367 g/mol. The minimum Gasteiger partial charge on any atom is -0.493 e. The number of benzene rings is 1.